The van der Waals surface area contributed by atoms with Crippen LogP contribution in [-0.4, -0.2) is 30.3 Å². The van der Waals surface area contributed by atoms with Gasteiger partial charge in [0.1, 0.15) is 5.71 Å². The molecule has 0 bridgehead atoms. The Hall–Kier alpha value is -3.38. The lowest BCUT2D eigenvalue weighted by Crippen LogP contribution is -2.20. The van der Waals surface area contributed by atoms with Gasteiger partial charge in [0.05, 0.1) is 13.5 Å². The smallest absolute Gasteiger partial charge is 0.354 e. The fourth-order valence-corrected chi connectivity index (χ4v) is 3.24. The molecule has 3 aromatic rings. The van der Waals surface area contributed by atoms with Gasteiger partial charge in [0.2, 0.25) is 0 Å². The quantitative estimate of drug-likeness (QED) is 0.184. The maximum Gasteiger partial charge on any atom is 0.354 e. The molecule has 0 radical (unpaired) electrons. The molecular weight excluding hydrogens is 468 g/mol. The minimum absolute atomic E-state index is 0.0582. The van der Waals surface area contributed by atoms with Crippen molar-refractivity contribution in [2.45, 2.75) is 20.3 Å². The molecule has 0 aliphatic heterocycles. The van der Waals surface area contributed by atoms with Crippen LogP contribution in [0.4, 0.5) is 0 Å². The first-order valence-electron chi connectivity index (χ1n) is 10.0. The molecule has 32 heavy (non-hydrogen) atoms. The summed E-state index contributed by atoms with van der Waals surface area (Å²) >= 11 is 3.35. The largest absolute Gasteiger partial charge is 0.464 e. The Morgan fingerprint density at radius 2 is 1.22 bits per heavy atom. The molecule has 0 atom stereocenters. The molecule has 0 amide bonds. The van der Waals surface area contributed by atoms with E-state index in [9.17, 15) is 9.59 Å². The molecule has 6 heteroatoms. The predicted octanol–water partition coefficient (Wildman–Crippen LogP) is 5.71. The molecule has 0 heterocycles. The average molecular weight is 491 g/mol. The molecule has 0 aromatic heterocycles. The predicted molar refractivity (Wildman–Crippen MR) is 131 cm³/mol. The Balaban J connectivity index is 2.01. The van der Waals surface area contributed by atoms with Gasteiger partial charge in [-0.1, -0.05) is 87.7 Å². The van der Waals surface area contributed by atoms with Gasteiger partial charge in [0.15, 0.2) is 11.5 Å². The van der Waals surface area contributed by atoms with E-state index in [0.717, 1.165) is 26.7 Å². The lowest BCUT2D eigenvalue weighted by molar-refractivity contribution is -0.132. The zero-order valence-electron chi connectivity index (χ0n) is 18.1. The van der Waals surface area contributed by atoms with E-state index in [-0.39, 0.29) is 17.9 Å². The molecule has 0 aliphatic carbocycles. The van der Waals surface area contributed by atoms with Crippen LogP contribution in [0.2, 0.25) is 0 Å². The first-order chi connectivity index (χ1) is 15.4. The third kappa shape index (κ3) is 6.08. The second-order valence-electron chi connectivity index (χ2n) is 7.33. The van der Waals surface area contributed by atoms with Crippen LogP contribution in [0.25, 0.3) is 0 Å². The van der Waals surface area contributed by atoms with E-state index in [1.165, 1.54) is 7.11 Å². The van der Waals surface area contributed by atoms with Crippen LogP contribution in [0.5, 0.6) is 0 Å². The average Bonchev–Trinajstić information content (AvgIpc) is 2.80. The van der Waals surface area contributed by atoms with Gasteiger partial charge in [-0.25, -0.2) is 4.79 Å². The summed E-state index contributed by atoms with van der Waals surface area (Å²) in [5.41, 5.74) is 4.97. The van der Waals surface area contributed by atoms with Gasteiger partial charge in [-0.05, 0) is 26.0 Å². The number of benzene rings is 3. The molecule has 0 fully saturated rings. The minimum atomic E-state index is -0.689. The van der Waals surface area contributed by atoms with Crippen molar-refractivity contribution in [1.29, 1.82) is 0 Å². The molecule has 3 aromatic carbocycles. The van der Waals surface area contributed by atoms with Crippen LogP contribution in [0, 0.1) is 13.8 Å². The highest BCUT2D eigenvalue weighted by molar-refractivity contribution is 9.10. The SMILES string of the molecule is COC(=O)C(CC(=O)c1ccc(Br)cc1)=NN=C(c1ccc(C)cc1)c1ccc(C)cc1. The fraction of sp³-hybridized carbons (Fsp3) is 0.154. The van der Waals surface area contributed by atoms with Crippen LogP contribution >= 0.6 is 15.9 Å². The number of carbonyl (C=O) groups excluding carboxylic acids is 2. The minimum Gasteiger partial charge on any atom is -0.464 e. The maximum atomic E-state index is 12.7. The summed E-state index contributed by atoms with van der Waals surface area (Å²) in [4.78, 5) is 25.0. The summed E-state index contributed by atoms with van der Waals surface area (Å²) in [5, 5.41) is 8.57. The number of esters is 1. The third-order valence-electron chi connectivity index (χ3n) is 4.84. The Bertz CT molecular complexity index is 1120. The topological polar surface area (TPSA) is 68.1 Å². The first-order valence-corrected chi connectivity index (χ1v) is 10.8. The highest BCUT2D eigenvalue weighted by Crippen LogP contribution is 2.15. The second kappa shape index (κ2) is 10.8. The van der Waals surface area contributed by atoms with E-state index in [1.807, 2.05) is 62.4 Å². The van der Waals surface area contributed by atoms with Gasteiger partial charge in [-0.3, -0.25) is 4.79 Å². The molecule has 5 nitrogen and oxygen atoms in total. The number of hydrogen-bond donors (Lipinski definition) is 0. The highest BCUT2D eigenvalue weighted by Gasteiger charge is 2.18. The highest BCUT2D eigenvalue weighted by atomic mass is 79.9. The standard InChI is InChI=1S/C26H23BrN2O3/c1-17-4-8-20(9-5-17)25(21-10-6-18(2)7-11-21)29-28-23(26(31)32-3)16-24(30)19-12-14-22(27)15-13-19/h4-15H,16H2,1-3H3. The summed E-state index contributed by atoms with van der Waals surface area (Å²) in [6, 6.07) is 22.7. The summed E-state index contributed by atoms with van der Waals surface area (Å²) in [6.07, 6.45) is -0.215. The molecule has 0 unspecified atom stereocenters. The van der Waals surface area contributed by atoms with E-state index in [2.05, 4.69) is 26.1 Å². The van der Waals surface area contributed by atoms with E-state index >= 15 is 0 Å². The van der Waals surface area contributed by atoms with Crippen molar-refractivity contribution in [3.05, 3.63) is 105 Å². The number of carbonyl (C=O) groups is 2. The van der Waals surface area contributed by atoms with Crippen molar-refractivity contribution in [2.75, 3.05) is 7.11 Å². The number of Topliss-reactive ketones (excluding diaryl/α,β-unsaturated/α-hetero) is 1. The monoisotopic (exact) mass is 490 g/mol. The molecule has 3 rings (SSSR count). The van der Waals surface area contributed by atoms with Gasteiger partial charge in [0, 0.05) is 21.2 Å². The van der Waals surface area contributed by atoms with Crippen LogP contribution in [0.15, 0.2) is 87.5 Å². The molecule has 0 aliphatic rings. The lowest BCUT2D eigenvalue weighted by atomic mass is 10.0. The summed E-state index contributed by atoms with van der Waals surface area (Å²) in [7, 11) is 1.26. The normalized spacial score (nSPS) is 11.1. The van der Waals surface area contributed by atoms with Crippen molar-refractivity contribution in [1.82, 2.24) is 0 Å². The van der Waals surface area contributed by atoms with Crippen molar-refractivity contribution >= 4 is 39.1 Å². The Kier molecular flexibility index (Phi) is 7.84. The van der Waals surface area contributed by atoms with Crippen LogP contribution in [0.1, 0.15) is 39.0 Å². The van der Waals surface area contributed by atoms with E-state index in [4.69, 9.17) is 4.74 Å². The van der Waals surface area contributed by atoms with Crippen molar-refractivity contribution < 1.29 is 14.3 Å². The number of ketones is 1. The maximum absolute atomic E-state index is 12.7. The number of methoxy groups -OCH3 is 1. The lowest BCUT2D eigenvalue weighted by Gasteiger charge is -2.08. The van der Waals surface area contributed by atoms with E-state index < -0.39 is 5.97 Å². The number of halogens is 1. The van der Waals surface area contributed by atoms with Gasteiger partial charge in [-0.2, -0.15) is 0 Å². The van der Waals surface area contributed by atoms with Crippen LogP contribution in [-0.2, 0) is 9.53 Å². The van der Waals surface area contributed by atoms with Gasteiger partial charge in [0.25, 0.3) is 0 Å². The Morgan fingerprint density at radius 3 is 1.69 bits per heavy atom. The fourth-order valence-electron chi connectivity index (χ4n) is 2.97. The summed E-state index contributed by atoms with van der Waals surface area (Å²) < 4.78 is 5.71. The molecule has 162 valence electrons. The van der Waals surface area contributed by atoms with Crippen LogP contribution in [0.3, 0.4) is 0 Å². The number of ether oxygens (including phenoxy) is 1. The van der Waals surface area contributed by atoms with Crippen molar-refractivity contribution in [3.8, 4) is 0 Å². The van der Waals surface area contributed by atoms with E-state index in [1.54, 1.807) is 24.3 Å². The summed E-state index contributed by atoms with van der Waals surface area (Å²) in [6.45, 7) is 4.02. The molecule has 0 N–H and O–H groups in total. The number of nitrogens with zero attached hydrogens (tertiary/aromatic N) is 2. The summed E-state index contributed by atoms with van der Waals surface area (Å²) in [5.74, 6) is -0.935. The third-order valence-corrected chi connectivity index (χ3v) is 5.36. The zero-order chi connectivity index (χ0) is 23.1. The molecule has 0 saturated carbocycles. The first kappa shape index (κ1) is 23.3. The molecular formula is C26H23BrN2O3. The number of hydrogen-bond acceptors (Lipinski definition) is 5. The Labute approximate surface area is 196 Å². The molecule has 0 spiro atoms. The van der Waals surface area contributed by atoms with Gasteiger partial charge in [-0.15, -0.1) is 10.2 Å². The number of aryl methyl sites for hydroxylation is 2. The van der Waals surface area contributed by atoms with Gasteiger partial charge < -0.3 is 4.74 Å². The molecule has 0 saturated heterocycles. The Morgan fingerprint density at radius 1 is 0.750 bits per heavy atom. The van der Waals surface area contributed by atoms with Gasteiger partial charge >= 0.3 is 5.97 Å². The zero-order valence-corrected chi connectivity index (χ0v) is 19.7. The van der Waals surface area contributed by atoms with E-state index in [0.29, 0.717) is 11.3 Å². The van der Waals surface area contributed by atoms with Crippen molar-refractivity contribution in [2.24, 2.45) is 10.2 Å². The van der Waals surface area contributed by atoms with Crippen molar-refractivity contribution in [3.63, 3.8) is 0 Å². The second-order valence-corrected chi connectivity index (χ2v) is 8.24. The number of rotatable bonds is 7. The van der Waals surface area contributed by atoms with Crippen LogP contribution < -0.4 is 0 Å².